The number of hydrogen-bond donors (Lipinski definition) is 0. The lowest BCUT2D eigenvalue weighted by atomic mass is 9.98. The minimum absolute atomic E-state index is 0.0592. The quantitative estimate of drug-likeness (QED) is 0.827. The Bertz CT molecular complexity index is 833. The molecule has 2 aromatic rings. The van der Waals surface area contributed by atoms with Gasteiger partial charge in [0.15, 0.2) is 0 Å². The molecule has 0 aliphatic carbocycles. The molecule has 0 radical (unpaired) electrons. The smallest absolute Gasteiger partial charge is 0.257 e. The third-order valence-electron chi connectivity index (χ3n) is 4.50. The molecule has 1 saturated heterocycles. The molecule has 3 heterocycles. The van der Waals surface area contributed by atoms with Crippen LogP contribution in [0, 0.1) is 18.3 Å². The van der Waals surface area contributed by atoms with Crippen molar-refractivity contribution < 1.29 is 9.21 Å². The molecular weight excluding hydrogens is 348 g/mol. The average Bonchev–Trinajstić information content (AvgIpc) is 3.21. The van der Waals surface area contributed by atoms with Crippen molar-refractivity contribution in [3.8, 4) is 6.07 Å². The minimum atomic E-state index is -0.0592. The van der Waals surface area contributed by atoms with E-state index in [-0.39, 0.29) is 17.1 Å². The maximum atomic E-state index is 12.7. The van der Waals surface area contributed by atoms with Gasteiger partial charge in [-0.1, -0.05) is 20.8 Å². The van der Waals surface area contributed by atoms with Crippen LogP contribution in [0.2, 0.25) is 0 Å². The third kappa shape index (κ3) is 3.97. The molecular formula is C19H24N4O2S. The van der Waals surface area contributed by atoms with Crippen LogP contribution in [0.5, 0.6) is 0 Å². The molecule has 138 valence electrons. The predicted octanol–water partition coefficient (Wildman–Crippen LogP) is 3.17. The number of nitriles is 1. The van der Waals surface area contributed by atoms with E-state index in [1.165, 1.54) is 6.07 Å². The number of aromatic nitrogens is 1. The Labute approximate surface area is 158 Å². The van der Waals surface area contributed by atoms with Crippen molar-refractivity contribution >= 4 is 17.2 Å². The first kappa shape index (κ1) is 18.6. The Kier molecular flexibility index (Phi) is 5.17. The second-order valence-corrected chi connectivity index (χ2v) is 8.51. The summed E-state index contributed by atoms with van der Waals surface area (Å²) in [7, 11) is 0. The van der Waals surface area contributed by atoms with Crippen molar-refractivity contribution in [1.82, 2.24) is 14.8 Å². The molecule has 1 aliphatic heterocycles. The Balaban J connectivity index is 1.57. The van der Waals surface area contributed by atoms with E-state index in [9.17, 15) is 4.79 Å². The highest BCUT2D eigenvalue weighted by Gasteiger charge is 2.26. The van der Waals surface area contributed by atoms with E-state index in [1.54, 1.807) is 18.3 Å². The summed E-state index contributed by atoms with van der Waals surface area (Å²) in [6.45, 7) is 12.0. The fraction of sp³-hybridized carbons (Fsp3) is 0.526. The topological polar surface area (TPSA) is 73.4 Å². The number of amides is 1. The zero-order valence-electron chi connectivity index (χ0n) is 15.7. The third-order valence-corrected chi connectivity index (χ3v) is 5.81. The number of rotatable bonds is 3. The van der Waals surface area contributed by atoms with Gasteiger partial charge in [0.1, 0.15) is 11.8 Å². The Hall–Kier alpha value is -2.17. The first-order chi connectivity index (χ1) is 12.3. The van der Waals surface area contributed by atoms with Gasteiger partial charge in [0.05, 0.1) is 16.3 Å². The van der Waals surface area contributed by atoms with Crippen molar-refractivity contribution in [3.05, 3.63) is 39.2 Å². The van der Waals surface area contributed by atoms with Crippen LogP contribution in [-0.4, -0.2) is 46.9 Å². The lowest BCUT2D eigenvalue weighted by molar-refractivity contribution is 0.0625. The van der Waals surface area contributed by atoms with Crippen LogP contribution < -0.4 is 0 Å². The Morgan fingerprint density at radius 3 is 2.58 bits per heavy atom. The number of furan rings is 1. The first-order valence-corrected chi connectivity index (χ1v) is 9.63. The standard InChI is InChI=1S/C19H24N4O2S/c1-13-16(9-15(10-20)25-13)17(24)23-7-5-22(6-8-23)11-14-12-26-18(21-14)19(2,3)4/h9,12H,5-8,11H2,1-4H3. The molecule has 0 N–H and O–H groups in total. The molecule has 0 atom stereocenters. The van der Waals surface area contributed by atoms with Gasteiger partial charge in [0.25, 0.3) is 5.91 Å². The highest BCUT2D eigenvalue weighted by molar-refractivity contribution is 7.09. The molecule has 1 fully saturated rings. The monoisotopic (exact) mass is 372 g/mol. The summed E-state index contributed by atoms with van der Waals surface area (Å²) in [5.74, 6) is 0.630. The molecule has 3 rings (SSSR count). The van der Waals surface area contributed by atoms with Crippen molar-refractivity contribution in [2.75, 3.05) is 26.2 Å². The van der Waals surface area contributed by atoms with Crippen molar-refractivity contribution in [2.45, 2.75) is 39.7 Å². The number of carbonyl (C=O) groups is 1. The summed E-state index contributed by atoms with van der Waals surface area (Å²) in [5.41, 5.74) is 1.67. The zero-order valence-corrected chi connectivity index (χ0v) is 16.5. The summed E-state index contributed by atoms with van der Waals surface area (Å²) >= 11 is 1.71. The Morgan fingerprint density at radius 2 is 2.04 bits per heavy atom. The number of aryl methyl sites for hydroxylation is 1. The van der Waals surface area contributed by atoms with E-state index < -0.39 is 0 Å². The second-order valence-electron chi connectivity index (χ2n) is 7.65. The van der Waals surface area contributed by atoms with Crippen molar-refractivity contribution in [3.63, 3.8) is 0 Å². The van der Waals surface area contributed by atoms with Crippen LogP contribution in [-0.2, 0) is 12.0 Å². The average molecular weight is 372 g/mol. The van der Waals surface area contributed by atoms with Gasteiger partial charge in [0.2, 0.25) is 5.76 Å². The summed E-state index contributed by atoms with van der Waals surface area (Å²) in [5, 5.41) is 12.2. The van der Waals surface area contributed by atoms with Gasteiger partial charge in [-0.05, 0) is 6.92 Å². The van der Waals surface area contributed by atoms with Gasteiger partial charge < -0.3 is 9.32 Å². The SMILES string of the molecule is Cc1oc(C#N)cc1C(=O)N1CCN(Cc2csc(C(C)(C)C)n2)CC1. The molecule has 0 aromatic carbocycles. The fourth-order valence-corrected chi connectivity index (χ4v) is 3.88. The second kappa shape index (κ2) is 7.22. The molecule has 1 aliphatic rings. The van der Waals surface area contributed by atoms with Gasteiger partial charge in [-0.3, -0.25) is 9.69 Å². The number of piperazine rings is 1. The summed E-state index contributed by atoms with van der Waals surface area (Å²) in [6.07, 6.45) is 0. The molecule has 0 bridgehead atoms. The van der Waals surface area contributed by atoms with Gasteiger partial charge >= 0.3 is 0 Å². The highest BCUT2D eigenvalue weighted by Crippen LogP contribution is 2.26. The van der Waals surface area contributed by atoms with Crippen molar-refractivity contribution in [1.29, 1.82) is 5.26 Å². The molecule has 1 amide bonds. The summed E-state index contributed by atoms with van der Waals surface area (Å²) < 4.78 is 5.28. The molecule has 2 aromatic heterocycles. The van der Waals surface area contributed by atoms with Gasteiger partial charge in [-0.2, -0.15) is 5.26 Å². The lowest BCUT2D eigenvalue weighted by Gasteiger charge is -2.34. The van der Waals surface area contributed by atoms with E-state index in [2.05, 4.69) is 31.1 Å². The highest BCUT2D eigenvalue weighted by atomic mass is 32.1. The van der Waals surface area contributed by atoms with E-state index in [0.29, 0.717) is 24.4 Å². The maximum absolute atomic E-state index is 12.7. The lowest BCUT2D eigenvalue weighted by Crippen LogP contribution is -2.48. The maximum Gasteiger partial charge on any atom is 0.257 e. The van der Waals surface area contributed by atoms with Crippen LogP contribution >= 0.6 is 11.3 Å². The molecule has 0 unspecified atom stereocenters. The van der Waals surface area contributed by atoms with Crippen LogP contribution in [0.3, 0.4) is 0 Å². The summed E-state index contributed by atoms with van der Waals surface area (Å²) in [6, 6.07) is 3.48. The number of carbonyl (C=O) groups excluding carboxylic acids is 1. The van der Waals surface area contributed by atoms with Crippen LogP contribution in [0.25, 0.3) is 0 Å². The van der Waals surface area contributed by atoms with E-state index >= 15 is 0 Å². The Morgan fingerprint density at radius 1 is 1.35 bits per heavy atom. The van der Waals surface area contributed by atoms with Gasteiger partial charge in [0, 0.05) is 49.6 Å². The van der Waals surface area contributed by atoms with Gasteiger partial charge in [-0.25, -0.2) is 4.98 Å². The van der Waals surface area contributed by atoms with E-state index in [0.717, 1.165) is 30.3 Å². The van der Waals surface area contributed by atoms with Gasteiger partial charge in [-0.15, -0.1) is 11.3 Å². The summed E-state index contributed by atoms with van der Waals surface area (Å²) in [4.78, 5) is 21.6. The van der Waals surface area contributed by atoms with E-state index in [4.69, 9.17) is 14.7 Å². The molecule has 7 heteroatoms. The molecule has 0 saturated carbocycles. The number of thiazole rings is 1. The number of nitrogens with zero attached hydrogens (tertiary/aromatic N) is 4. The zero-order chi connectivity index (χ0) is 18.9. The van der Waals surface area contributed by atoms with Crippen LogP contribution in [0.15, 0.2) is 15.9 Å². The minimum Gasteiger partial charge on any atom is -0.450 e. The van der Waals surface area contributed by atoms with Crippen molar-refractivity contribution in [2.24, 2.45) is 0 Å². The first-order valence-electron chi connectivity index (χ1n) is 8.75. The molecule has 26 heavy (non-hydrogen) atoms. The van der Waals surface area contributed by atoms with E-state index in [1.807, 2.05) is 11.0 Å². The predicted molar refractivity (Wildman–Crippen MR) is 100 cm³/mol. The number of hydrogen-bond acceptors (Lipinski definition) is 6. The molecule has 0 spiro atoms. The van der Waals surface area contributed by atoms with Crippen LogP contribution in [0.1, 0.15) is 53.4 Å². The van der Waals surface area contributed by atoms with Crippen LogP contribution in [0.4, 0.5) is 0 Å². The largest absolute Gasteiger partial charge is 0.450 e. The normalized spacial score (nSPS) is 15.9. The fourth-order valence-electron chi connectivity index (χ4n) is 2.98. The molecule has 6 nitrogen and oxygen atoms in total.